The van der Waals surface area contributed by atoms with Crippen LogP contribution in [0.4, 0.5) is 4.39 Å². The molecule has 0 aliphatic carbocycles. The van der Waals surface area contributed by atoms with Gasteiger partial charge in [0.05, 0.1) is 34.5 Å². The number of hydrogen-bond donors (Lipinski definition) is 0. The Morgan fingerprint density at radius 2 is 1.67 bits per heavy atom. The lowest BCUT2D eigenvalue weighted by molar-refractivity contribution is 0.0338. The summed E-state index contributed by atoms with van der Waals surface area (Å²) in [7, 11) is 0.447. The number of rotatable bonds is 8. The van der Waals surface area contributed by atoms with Crippen LogP contribution in [0, 0.1) is 5.82 Å². The van der Waals surface area contributed by atoms with Gasteiger partial charge >= 0.3 is 10.1 Å². The molecule has 0 saturated carbocycles. The molecule has 0 spiro atoms. The highest BCUT2D eigenvalue weighted by molar-refractivity contribution is 7.87. The minimum absolute atomic E-state index is 0.0607. The second kappa shape index (κ2) is 11.7. The van der Waals surface area contributed by atoms with E-state index in [0.29, 0.717) is 50.0 Å². The standard InChI is InChI=1S/C31H35FN2O7S/c1-37-28-13-20-7-8-34-19-26-24(16-27(34)25(20)17-29(28)38-2)21(18-33-9-11-40-12-10-33)14-30(39-3)31(26)41-42(35,36)23-6-4-5-22(32)15-23/h4-6,13-15,17,27H,7-12,16,18-19H2,1-3H3. The monoisotopic (exact) mass is 598 g/mol. The molecule has 1 unspecified atom stereocenters. The molecule has 0 bridgehead atoms. The topological polar surface area (TPSA) is 86.8 Å². The summed E-state index contributed by atoms with van der Waals surface area (Å²) >= 11 is 0. The number of nitrogens with zero attached hydrogens (tertiary/aromatic N) is 2. The van der Waals surface area contributed by atoms with Gasteiger partial charge in [0.1, 0.15) is 10.7 Å². The van der Waals surface area contributed by atoms with E-state index in [-0.39, 0.29) is 16.7 Å². The van der Waals surface area contributed by atoms with Crippen molar-refractivity contribution < 1.29 is 35.9 Å². The molecule has 0 amide bonds. The molecule has 9 nitrogen and oxygen atoms in total. The van der Waals surface area contributed by atoms with Crippen LogP contribution in [-0.2, 0) is 40.8 Å². The predicted octanol–water partition coefficient (Wildman–Crippen LogP) is 4.11. The third-order valence-electron chi connectivity index (χ3n) is 8.42. The highest BCUT2D eigenvalue weighted by atomic mass is 32.2. The molecule has 0 radical (unpaired) electrons. The Hall–Kier alpha value is -3.38. The van der Waals surface area contributed by atoms with E-state index in [1.54, 1.807) is 14.2 Å². The van der Waals surface area contributed by atoms with Gasteiger partial charge in [0, 0.05) is 44.3 Å². The Morgan fingerprint density at radius 1 is 0.929 bits per heavy atom. The lowest BCUT2D eigenvalue weighted by Gasteiger charge is -2.43. The van der Waals surface area contributed by atoms with E-state index in [4.69, 9.17) is 23.1 Å². The van der Waals surface area contributed by atoms with E-state index in [2.05, 4.69) is 21.9 Å². The van der Waals surface area contributed by atoms with Gasteiger partial charge in [-0.25, -0.2) is 4.39 Å². The van der Waals surface area contributed by atoms with Crippen molar-refractivity contribution in [2.75, 3.05) is 54.2 Å². The quantitative estimate of drug-likeness (QED) is 0.356. The molecule has 3 heterocycles. The highest BCUT2D eigenvalue weighted by Crippen LogP contribution is 2.48. The molecular weight excluding hydrogens is 563 g/mol. The Kier molecular flexibility index (Phi) is 8.01. The lowest BCUT2D eigenvalue weighted by atomic mass is 9.81. The van der Waals surface area contributed by atoms with Crippen LogP contribution in [-0.4, -0.2) is 72.4 Å². The summed E-state index contributed by atoms with van der Waals surface area (Å²) in [5, 5.41) is 0. The van der Waals surface area contributed by atoms with Gasteiger partial charge in [0.15, 0.2) is 23.0 Å². The zero-order valence-corrected chi connectivity index (χ0v) is 24.8. The number of benzene rings is 3. The highest BCUT2D eigenvalue weighted by Gasteiger charge is 2.38. The lowest BCUT2D eigenvalue weighted by Crippen LogP contribution is -2.41. The number of halogens is 1. The largest absolute Gasteiger partial charge is 0.493 e. The molecule has 3 aliphatic heterocycles. The summed E-state index contributed by atoms with van der Waals surface area (Å²) in [5.74, 6) is 1.21. The molecule has 1 saturated heterocycles. The van der Waals surface area contributed by atoms with Gasteiger partial charge in [-0.3, -0.25) is 9.80 Å². The normalized spacial score (nSPS) is 18.9. The van der Waals surface area contributed by atoms with Crippen molar-refractivity contribution in [1.29, 1.82) is 0 Å². The second-order valence-electron chi connectivity index (χ2n) is 10.8. The first-order valence-corrected chi connectivity index (χ1v) is 15.4. The zero-order chi connectivity index (χ0) is 29.4. The number of methoxy groups -OCH3 is 3. The van der Waals surface area contributed by atoms with Gasteiger partial charge in [-0.15, -0.1) is 0 Å². The first kappa shape index (κ1) is 28.7. The Labute approximate surface area is 245 Å². The fourth-order valence-electron chi connectivity index (χ4n) is 6.28. The summed E-state index contributed by atoms with van der Waals surface area (Å²) < 4.78 is 69.0. The van der Waals surface area contributed by atoms with Gasteiger partial charge in [-0.05, 0) is 71.5 Å². The van der Waals surface area contributed by atoms with Crippen LogP contribution < -0.4 is 18.4 Å². The van der Waals surface area contributed by atoms with Crippen LogP contribution in [0.25, 0.3) is 0 Å². The van der Waals surface area contributed by atoms with Crippen molar-refractivity contribution in [1.82, 2.24) is 9.80 Å². The summed E-state index contributed by atoms with van der Waals surface area (Å²) in [6.45, 7) is 4.85. The molecule has 42 heavy (non-hydrogen) atoms. The zero-order valence-electron chi connectivity index (χ0n) is 24.0. The number of hydrogen-bond acceptors (Lipinski definition) is 9. The van der Waals surface area contributed by atoms with Crippen LogP contribution in [0.1, 0.15) is 33.9 Å². The maximum absolute atomic E-state index is 14.0. The smallest absolute Gasteiger partial charge is 0.339 e. The average molecular weight is 599 g/mol. The van der Waals surface area contributed by atoms with E-state index >= 15 is 0 Å². The summed E-state index contributed by atoms with van der Waals surface area (Å²) in [6, 6.07) is 10.9. The van der Waals surface area contributed by atoms with E-state index < -0.39 is 15.9 Å². The molecule has 3 aromatic rings. The van der Waals surface area contributed by atoms with Gasteiger partial charge < -0.3 is 23.1 Å². The summed E-state index contributed by atoms with van der Waals surface area (Å²) in [6.07, 6.45) is 1.46. The van der Waals surface area contributed by atoms with Crippen molar-refractivity contribution in [3.63, 3.8) is 0 Å². The van der Waals surface area contributed by atoms with E-state index in [1.165, 1.54) is 36.4 Å². The molecular formula is C31H35FN2O7S. The molecule has 11 heteroatoms. The summed E-state index contributed by atoms with van der Waals surface area (Å²) in [5.41, 5.74) is 5.26. The molecule has 1 fully saturated rings. The predicted molar refractivity (Wildman–Crippen MR) is 153 cm³/mol. The number of morpholine rings is 1. The number of ether oxygens (including phenoxy) is 4. The third-order valence-corrected chi connectivity index (χ3v) is 9.64. The molecule has 3 aliphatic rings. The molecule has 1 atom stereocenters. The minimum atomic E-state index is -4.33. The number of fused-ring (bicyclic) bond motifs is 4. The molecule has 0 aromatic heterocycles. The van der Waals surface area contributed by atoms with Gasteiger partial charge in [0.25, 0.3) is 0 Å². The van der Waals surface area contributed by atoms with Gasteiger partial charge in [-0.1, -0.05) is 6.07 Å². The van der Waals surface area contributed by atoms with Crippen LogP contribution >= 0.6 is 0 Å². The van der Waals surface area contributed by atoms with Crippen LogP contribution in [0.3, 0.4) is 0 Å². The van der Waals surface area contributed by atoms with Crippen LogP contribution in [0.5, 0.6) is 23.0 Å². The van der Waals surface area contributed by atoms with Gasteiger partial charge in [-0.2, -0.15) is 8.42 Å². The average Bonchev–Trinajstić information content (AvgIpc) is 3.01. The van der Waals surface area contributed by atoms with Crippen molar-refractivity contribution in [3.05, 3.63) is 76.1 Å². The first-order valence-electron chi connectivity index (χ1n) is 14.0. The Morgan fingerprint density at radius 3 is 2.38 bits per heavy atom. The molecule has 0 N–H and O–H groups in total. The molecule has 3 aromatic carbocycles. The first-order chi connectivity index (χ1) is 20.3. The molecule has 6 rings (SSSR count). The minimum Gasteiger partial charge on any atom is -0.493 e. The van der Waals surface area contributed by atoms with Crippen LogP contribution in [0.2, 0.25) is 0 Å². The fourth-order valence-corrected chi connectivity index (χ4v) is 7.28. The maximum atomic E-state index is 14.0. The second-order valence-corrected chi connectivity index (χ2v) is 12.3. The van der Waals surface area contributed by atoms with Crippen molar-refractivity contribution in [3.8, 4) is 23.0 Å². The van der Waals surface area contributed by atoms with Crippen molar-refractivity contribution >= 4 is 10.1 Å². The SMILES string of the molecule is COc1cc2c(cc1OC)C1Cc3c(CN4CCOCC4)cc(OC)c(OS(=O)(=O)c4cccc(F)c4)c3CN1CC2. The maximum Gasteiger partial charge on any atom is 0.339 e. The summed E-state index contributed by atoms with van der Waals surface area (Å²) in [4.78, 5) is 4.42. The van der Waals surface area contributed by atoms with Crippen molar-refractivity contribution in [2.45, 2.75) is 36.9 Å². The Bertz CT molecular complexity index is 1590. The third kappa shape index (κ3) is 5.42. The van der Waals surface area contributed by atoms with E-state index in [9.17, 15) is 12.8 Å². The van der Waals surface area contributed by atoms with Crippen molar-refractivity contribution in [2.24, 2.45) is 0 Å². The van der Waals surface area contributed by atoms with Crippen LogP contribution in [0.15, 0.2) is 47.4 Å². The van der Waals surface area contributed by atoms with E-state index in [1.807, 2.05) is 6.07 Å². The van der Waals surface area contributed by atoms with Gasteiger partial charge in [0.2, 0.25) is 0 Å². The fraction of sp³-hybridized carbons (Fsp3) is 0.419. The van der Waals surface area contributed by atoms with E-state index in [0.717, 1.165) is 48.8 Å². The molecule has 224 valence electrons. The Balaban J connectivity index is 1.46.